The summed E-state index contributed by atoms with van der Waals surface area (Å²) in [7, 11) is 0. The van der Waals surface area contributed by atoms with Crippen LogP contribution in [0.5, 0.6) is 0 Å². The molecule has 118 valence electrons. The molecule has 2 saturated heterocycles. The molecule has 1 amide bonds. The minimum atomic E-state index is -0.166. The van der Waals surface area contributed by atoms with Crippen molar-refractivity contribution in [2.75, 3.05) is 37.7 Å². The van der Waals surface area contributed by atoms with Crippen LogP contribution in [0.25, 0.3) is 0 Å². The molecular weight excluding hydrogens is 395 g/mol. The number of hydrogen-bond donors (Lipinski definition) is 0. The van der Waals surface area contributed by atoms with Crippen molar-refractivity contribution in [3.05, 3.63) is 29.8 Å². The molecule has 2 heterocycles. The summed E-state index contributed by atoms with van der Waals surface area (Å²) in [6, 6.07) is 8.09. The molecule has 6 heteroatoms. The van der Waals surface area contributed by atoms with Gasteiger partial charge in [0.1, 0.15) is 0 Å². The van der Waals surface area contributed by atoms with E-state index in [1.54, 1.807) is 27.5 Å². The molecule has 1 atom stereocenters. The molecule has 0 radical (unpaired) electrons. The van der Waals surface area contributed by atoms with E-state index in [1.807, 2.05) is 12.1 Å². The summed E-state index contributed by atoms with van der Waals surface area (Å²) in [5.41, 5.74) is 2.12. The number of nitrogens with zero attached hydrogens (tertiary/aromatic N) is 2. The van der Waals surface area contributed by atoms with Crippen molar-refractivity contribution in [2.24, 2.45) is 5.92 Å². The van der Waals surface area contributed by atoms with Crippen LogP contribution >= 0.6 is 22.6 Å². The van der Waals surface area contributed by atoms with Crippen LogP contribution in [-0.2, 0) is 20.9 Å². The Labute approximate surface area is 143 Å². The third-order valence-corrected chi connectivity index (χ3v) is 5.08. The summed E-state index contributed by atoms with van der Waals surface area (Å²) < 4.78 is 5.42. The summed E-state index contributed by atoms with van der Waals surface area (Å²) in [5.74, 6) is -0.128. The first-order chi connectivity index (χ1) is 10.6. The smallest absolute Gasteiger partial charge is 0.227 e. The lowest BCUT2D eigenvalue weighted by atomic mass is 10.1. The van der Waals surface area contributed by atoms with Crippen molar-refractivity contribution >= 4 is 38.0 Å². The third kappa shape index (κ3) is 3.67. The van der Waals surface area contributed by atoms with E-state index in [0.717, 1.165) is 38.5 Å². The third-order valence-electron chi connectivity index (χ3n) is 4.20. The Morgan fingerprint density at radius 1 is 1.23 bits per heavy atom. The number of carbonyl (C=O) groups is 2. The van der Waals surface area contributed by atoms with E-state index in [0.29, 0.717) is 13.0 Å². The lowest BCUT2D eigenvalue weighted by molar-refractivity contribution is -0.119. The van der Waals surface area contributed by atoms with E-state index in [-0.39, 0.29) is 15.6 Å². The fraction of sp³-hybridized carbons (Fsp3) is 0.500. The van der Waals surface area contributed by atoms with E-state index in [9.17, 15) is 9.59 Å². The van der Waals surface area contributed by atoms with Crippen LogP contribution in [0.2, 0.25) is 0 Å². The van der Waals surface area contributed by atoms with E-state index >= 15 is 0 Å². The Morgan fingerprint density at radius 2 is 1.91 bits per heavy atom. The molecule has 0 saturated carbocycles. The molecule has 1 aromatic rings. The molecule has 0 N–H and O–H groups in total. The number of benzene rings is 1. The second kappa shape index (κ2) is 7.06. The zero-order valence-corrected chi connectivity index (χ0v) is 14.5. The van der Waals surface area contributed by atoms with Gasteiger partial charge in [0.2, 0.25) is 5.91 Å². The highest BCUT2D eigenvalue weighted by Crippen LogP contribution is 2.27. The van der Waals surface area contributed by atoms with Gasteiger partial charge in [0, 0.05) is 38.3 Å². The number of halogens is 1. The molecule has 0 aromatic heterocycles. The Balaban J connectivity index is 1.64. The van der Waals surface area contributed by atoms with Gasteiger partial charge in [-0.05, 0) is 40.3 Å². The number of rotatable bonds is 4. The highest BCUT2D eigenvalue weighted by molar-refractivity contribution is 14.1. The van der Waals surface area contributed by atoms with Gasteiger partial charge in [0.05, 0.1) is 19.1 Å². The normalized spacial score (nSPS) is 23.0. The summed E-state index contributed by atoms with van der Waals surface area (Å²) >= 11 is 1.79. The Bertz CT molecular complexity index is 555. The van der Waals surface area contributed by atoms with Gasteiger partial charge in [-0.2, -0.15) is 0 Å². The van der Waals surface area contributed by atoms with Gasteiger partial charge in [-0.1, -0.05) is 12.1 Å². The predicted octanol–water partition coefficient (Wildman–Crippen LogP) is 1.83. The van der Waals surface area contributed by atoms with Gasteiger partial charge in [-0.15, -0.1) is 0 Å². The van der Waals surface area contributed by atoms with Gasteiger partial charge >= 0.3 is 0 Å². The first-order valence-electron chi connectivity index (χ1n) is 7.52. The maximum atomic E-state index is 12.0. The van der Waals surface area contributed by atoms with Crippen molar-refractivity contribution in [1.29, 1.82) is 0 Å². The van der Waals surface area contributed by atoms with E-state index in [2.05, 4.69) is 17.0 Å². The molecular formula is C16H19IN2O3. The van der Waals surface area contributed by atoms with Crippen molar-refractivity contribution in [3.8, 4) is 0 Å². The van der Waals surface area contributed by atoms with Crippen molar-refractivity contribution < 1.29 is 14.3 Å². The van der Waals surface area contributed by atoms with Crippen LogP contribution in [-0.4, -0.2) is 47.4 Å². The van der Waals surface area contributed by atoms with Crippen LogP contribution in [0.15, 0.2) is 24.3 Å². The number of anilines is 1. The van der Waals surface area contributed by atoms with Gasteiger partial charge in [0.15, 0.2) is 3.79 Å². The van der Waals surface area contributed by atoms with Crippen molar-refractivity contribution in [1.82, 2.24) is 4.90 Å². The van der Waals surface area contributed by atoms with Crippen molar-refractivity contribution in [3.63, 3.8) is 0 Å². The molecule has 0 aliphatic carbocycles. The fourth-order valence-corrected chi connectivity index (χ4v) is 3.33. The lowest BCUT2D eigenvalue weighted by Gasteiger charge is -2.26. The number of morpholine rings is 1. The fourth-order valence-electron chi connectivity index (χ4n) is 2.91. The number of hydrogen-bond acceptors (Lipinski definition) is 4. The minimum Gasteiger partial charge on any atom is -0.379 e. The van der Waals surface area contributed by atoms with E-state index in [1.165, 1.54) is 5.56 Å². The van der Waals surface area contributed by atoms with E-state index in [4.69, 9.17) is 4.74 Å². The highest BCUT2D eigenvalue weighted by atomic mass is 127. The second-order valence-electron chi connectivity index (χ2n) is 5.76. The zero-order valence-electron chi connectivity index (χ0n) is 12.3. The first-order valence-corrected chi connectivity index (χ1v) is 8.60. The van der Waals surface area contributed by atoms with Gasteiger partial charge in [0.25, 0.3) is 0 Å². The molecule has 2 fully saturated rings. The van der Waals surface area contributed by atoms with Crippen molar-refractivity contribution in [2.45, 2.75) is 13.0 Å². The molecule has 1 aromatic carbocycles. The molecule has 5 nitrogen and oxygen atoms in total. The molecule has 3 rings (SSSR count). The zero-order chi connectivity index (χ0) is 15.5. The van der Waals surface area contributed by atoms with Crippen LogP contribution < -0.4 is 4.90 Å². The predicted molar refractivity (Wildman–Crippen MR) is 92.0 cm³/mol. The topological polar surface area (TPSA) is 49.9 Å². The minimum absolute atomic E-state index is 0.0379. The summed E-state index contributed by atoms with van der Waals surface area (Å²) in [6.07, 6.45) is 0.331. The Kier molecular flexibility index (Phi) is 5.10. The molecule has 2 aliphatic rings. The monoisotopic (exact) mass is 414 g/mol. The van der Waals surface area contributed by atoms with Crippen LogP contribution in [0, 0.1) is 5.92 Å². The first kappa shape index (κ1) is 15.9. The molecule has 22 heavy (non-hydrogen) atoms. The number of amides is 1. The van der Waals surface area contributed by atoms with Crippen LogP contribution in [0.4, 0.5) is 5.69 Å². The summed E-state index contributed by atoms with van der Waals surface area (Å²) in [5, 5.41) is 0. The maximum Gasteiger partial charge on any atom is 0.227 e. The Morgan fingerprint density at radius 3 is 2.50 bits per heavy atom. The average Bonchev–Trinajstić information content (AvgIpc) is 2.91. The summed E-state index contributed by atoms with van der Waals surface area (Å²) in [4.78, 5) is 27.6. The largest absolute Gasteiger partial charge is 0.379 e. The van der Waals surface area contributed by atoms with Gasteiger partial charge in [-0.25, -0.2) is 0 Å². The highest BCUT2D eigenvalue weighted by Gasteiger charge is 2.33. The quantitative estimate of drug-likeness (QED) is 0.558. The van der Waals surface area contributed by atoms with Gasteiger partial charge < -0.3 is 9.64 Å². The second-order valence-corrected chi connectivity index (χ2v) is 6.83. The number of carbonyl (C=O) groups excluding carboxylic acids is 2. The average molecular weight is 414 g/mol. The SMILES string of the molecule is O=C(I)C1CC(=O)N(c2ccc(CN3CCOCC3)cc2)C1. The maximum absolute atomic E-state index is 12.0. The molecule has 0 bridgehead atoms. The van der Waals surface area contributed by atoms with E-state index < -0.39 is 0 Å². The lowest BCUT2D eigenvalue weighted by Crippen LogP contribution is -2.35. The molecule has 0 spiro atoms. The number of ether oxygens (including phenoxy) is 1. The van der Waals surface area contributed by atoms with Crippen LogP contribution in [0.1, 0.15) is 12.0 Å². The van der Waals surface area contributed by atoms with Crippen LogP contribution in [0.3, 0.4) is 0 Å². The Hall–Kier alpha value is -0.990. The molecule has 1 unspecified atom stereocenters. The van der Waals surface area contributed by atoms with Gasteiger partial charge in [-0.3, -0.25) is 14.5 Å². The summed E-state index contributed by atoms with van der Waals surface area (Å²) in [6.45, 7) is 4.94. The standard InChI is InChI=1S/C16H19IN2O3/c17-16(21)13-9-15(20)19(11-13)14-3-1-12(2-4-14)10-18-5-7-22-8-6-18/h1-4,13H,5-11H2. The molecule has 2 aliphatic heterocycles.